The molecule has 1 unspecified atom stereocenters. The molecule has 1 saturated heterocycles. The SMILES string of the molecule is CC(C)NCc1ccc(Br)c(S(=O)(=O)NC2CCSC2)c1. The maximum Gasteiger partial charge on any atom is 0.241 e. The fourth-order valence-electron chi connectivity index (χ4n) is 2.10. The van der Waals surface area contributed by atoms with Gasteiger partial charge >= 0.3 is 0 Å². The molecule has 1 aromatic rings. The van der Waals surface area contributed by atoms with Gasteiger partial charge in [0.15, 0.2) is 0 Å². The number of halogens is 1. The zero-order valence-corrected chi connectivity index (χ0v) is 15.4. The molecule has 0 aromatic heterocycles. The van der Waals surface area contributed by atoms with Crippen LogP contribution < -0.4 is 10.0 Å². The van der Waals surface area contributed by atoms with Crippen molar-refractivity contribution in [1.29, 1.82) is 0 Å². The molecule has 1 aliphatic heterocycles. The molecule has 7 heteroatoms. The summed E-state index contributed by atoms with van der Waals surface area (Å²) in [7, 11) is -3.47. The van der Waals surface area contributed by atoms with Crippen molar-refractivity contribution in [3.05, 3.63) is 28.2 Å². The van der Waals surface area contributed by atoms with E-state index in [9.17, 15) is 8.42 Å². The number of benzene rings is 1. The minimum atomic E-state index is -3.47. The van der Waals surface area contributed by atoms with Crippen LogP contribution in [0.3, 0.4) is 0 Å². The Morgan fingerprint density at radius 3 is 2.81 bits per heavy atom. The van der Waals surface area contributed by atoms with Crippen molar-refractivity contribution in [2.24, 2.45) is 0 Å². The van der Waals surface area contributed by atoms with Crippen LogP contribution >= 0.6 is 27.7 Å². The smallest absolute Gasteiger partial charge is 0.241 e. The van der Waals surface area contributed by atoms with Gasteiger partial charge in [-0.25, -0.2) is 13.1 Å². The van der Waals surface area contributed by atoms with E-state index in [4.69, 9.17) is 0 Å². The minimum Gasteiger partial charge on any atom is -0.310 e. The van der Waals surface area contributed by atoms with E-state index in [0.29, 0.717) is 22.0 Å². The van der Waals surface area contributed by atoms with E-state index < -0.39 is 10.0 Å². The third kappa shape index (κ3) is 4.96. The van der Waals surface area contributed by atoms with Crippen LogP contribution in [-0.4, -0.2) is 32.0 Å². The van der Waals surface area contributed by atoms with Gasteiger partial charge in [0.05, 0.1) is 4.90 Å². The Hall–Kier alpha value is -0.0800. The van der Waals surface area contributed by atoms with E-state index in [1.54, 1.807) is 23.9 Å². The van der Waals surface area contributed by atoms with Crippen LogP contribution in [0.25, 0.3) is 0 Å². The predicted octanol–water partition coefficient (Wildman–Crippen LogP) is 2.73. The standard InChI is InChI=1S/C14H21BrN2O2S2/c1-10(2)16-8-11-3-4-13(15)14(7-11)21(18,19)17-12-5-6-20-9-12/h3-4,7,10,12,16-17H,5-6,8-9H2,1-2H3. The first-order chi connectivity index (χ1) is 9.88. The molecule has 0 saturated carbocycles. The number of hydrogen-bond acceptors (Lipinski definition) is 4. The van der Waals surface area contributed by atoms with Crippen LogP contribution in [0.15, 0.2) is 27.6 Å². The van der Waals surface area contributed by atoms with Crippen molar-refractivity contribution in [2.45, 2.75) is 43.8 Å². The van der Waals surface area contributed by atoms with E-state index in [-0.39, 0.29) is 6.04 Å². The van der Waals surface area contributed by atoms with Gasteiger partial charge in [0.1, 0.15) is 0 Å². The van der Waals surface area contributed by atoms with Crippen molar-refractivity contribution in [1.82, 2.24) is 10.0 Å². The largest absolute Gasteiger partial charge is 0.310 e. The second-order valence-electron chi connectivity index (χ2n) is 5.48. The summed E-state index contributed by atoms with van der Waals surface area (Å²) in [5, 5.41) is 3.30. The Balaban J connectivity index is 2.18. The summed E-state index contributed by atoms with van der Waals surface area (Å²) in [5.74, 6) is 1.87. The molecule has 1 atom stereocenters. The Morgan fingerprint density at radius 2 is 2.19 bits per heavy atom. The average Bonchev–Trinajstić information content (AvgIpc) is 2.89. The second kappa shape index (κ2) is 7.46. The highest BCUT2D eigenvalue weighted by Gasteiger charge is 2.25. The van der Waals surface area contributed by atoms with E-state index in [1.807, 2.05) is 6.07 Å². The Morgan fingerprint density at radius 1 is 1.43 bits per heavy atom. The summed E-state index contributed by atoms with van der Waals surface area (Å²) in [6, 6.07) is 5.88. The lowest BCUT2D eigenvalue weighted by atomic mass is 10.2. The molecule has 0 radical (unpaired) electrons. The van der Waals surface area contributed by atoms with E-state index in [2.05, 4.69) is 39.8 Å². The normalized spacial score (nSPS) is 19.3. The topological polar surface area (TPSA) is 58.2 Å². The van der Waals surface area contributed by atoms with Gasteiger partial charge in [0.2, 0.25) is 10.0 Å². The molecule has 2 N–H and O–H groups in total. The second-order valence-corrected chi connectivity index (χ2v) is 9.17. The Labute approximate surface area is 139 Å². The summed E-state index contributed by atoms with van der Waals surface area (Å²) in [6.07, 6.45) is 0.899. The van der Waals surface area contributed by atoms with Gasteiger partial charge in [-0.05, 0) is 45.8 Å². The van der Waals surface area contributed by atoms with Crippen LogP contribution in [0.5, 0.6) is 0 Å². The van der Waals surface area contributed by atoms with Crippen LogP contribution in [0, 0.1) is 0 Å². The lowest BCUT2D eigenvalue weighted by Crippen LogP contribution is -2.34. The van der Waals surface area contributed by atoms with Gasteiger partial charge < -0.3 is 5.32 Å². The predicted molar refractivity (Wildman–Crippen MR) is 92.2 cm³/mol. The maximum absolute atomic E-state index is 12.5. The van der Waals surface area contributed by atoms with E-state index in [1.165, 1.54) is 0 Å². The quantitative estimate of drug-likeness (QED) is 0.781. The molecule has 1 aromatic carbocycles. The first-order valence-electron chi connectivity index (χ1n) is 7.00. The summed E-state index contributed by atoms with van der Waals surface area (Å²) < 4.78 is 28.5. The molecule has 2 rings (SSSR count). The number of thioether (sulfide) groups is 1. The van der Waals surface area contributed by atoms with Gasteiger partial charge in [0.25, 0.3) is 0 Å². The molecule has 21 heavy (non-hydrogen) atoms. The third-order valence-corrected chi connectivity index (χ3v) is 6.93. The number of hydrogen-bond donors (Lipinski definition) is 2. The van der Waals surface area contributed by atoms with Crippen molar-refractivity contribution < 1.29 is 8.42 Å². The molecule has 4 nitrogen and oxygen atoms in total. The Kier molecular flexibility index (Phi) is 6.14. The van der Waals surface area contributed by atoms with Crippen molar-refractivity contribution in [3.8, 4) is 0 Å². The molecule has 1 heterocycles. The maximum atomic E-state index is 12.5. The fourth-order valence-corrected chi connectivity index (χ4v) is 5.64. The Bertz CT molecular complexity index is 585. The molecule has 1 aliphatic rings. The highest BCUT2D eigenvalue weighted by atomic mass is 79.9. The van der Waals surface area contributed by atoms with Gasteiger partial charge in [0, 0.05) is 28.9 Å². The van der Waals surface area contributed by atoms with Gasteiger partial charge in [-0.2, -0.15) is 11.8 Å². The first kappa shape index (κ1) is 17.3. The third-order valence-electron chi connectivity index (χ3n) is 3.25. The van der Waals surface area contributed by atoms with Crippen LogP contribution in [0.4, 0.5) is 0 Å². The zero-order valence-electron chi connectivity index (χ0n) is 12.2. The number of rotatable bonds is 6. The molecule has 118 valence electrons. The highest BCUT2D eigenvalue weighted by molar-refractivity contribution is 9.10. The molecule has 1 fully saturated rings. The van der Waals surface area contributed by atoms with E-state index >= 15 is 0 Å². The van der Waals surface area contributed by atoms with Gasteiger partial charge in [-0.1, -0.05) is 19.9 Å². The van der Waals surface area contributed by atoms with Gasteiger partial charge in [-0.15, -0.1) is 0 Å². The van der Waals surface area contributed by atoms with Crippen LogP contribution in [-0.2, 0) is 16.6 Å². The number of sulfonamides is 1. The molecule has 0 bridgehead atoms. The first-order valence-corrected chi connectivity index (χ1v) is 10.4. The van der Waals surface area contributed by atoms with Crippen molar-refractivity contribution in [3.63, 3.8) is 0 Å². The lowest BCUT2D eigenvalue weighted by molar-refractivity contribution is 0.561. The van der Waals surface area contributed by atoms with Gasteiger partial charge in [-0.3, -0.25) is 0 Å². The molecule has 0 spiro atoms. The van der Waals surface area contributed by atoms with Crippen molar-refractivity contribution in [2.75, 3.05) is 11.5 Å². The van der Waals surface area contributed by atoms with Crippen LogP contribution in [0.1, 0.15) is 25.8 Å². The molecule has 0 amide bonds. The van der Waals surface area contributed by atoms with Crippen LogP contribution in [0.2, 0.25) is 0 Å². The monoisotopic (exact) mass is 392 g/mol. The number of nitrogens with one attached hydrogen (secondary N) is 2. The molecular formula is C14H21BrN2O2S2. The molecular weight excluding hydrogens is 372 g/mol. The average molecular weight is 393 g/mol. The fraction of sp³-hybridized carbons (Fsp3) is 0.571. The highest BCUT2D eigenvalue weighted by Crippen LogP contribution is 2.25. The zero-order chi connectivity index (χ0) is 15.5. The molecule has 0 aliphatic carbocycles. The van der Waals surface area contributed by atoms with Crippen molar-refractivity contribution >= 4 is 37.7 Å². The summed E-state index contributed by atoms with van der Waals surface area (Å²) in [5.41, 5.74) is 0.966. The lowest BCUT2D eigenvalue weighted by Gasteiger charge is -2.15. The minimum absolute atomic E-state index is 0.0457. The van der Waals surface area contributed by atoms with E-state index in [0.717, 1.165) is 23.5 Å². The summed E-state index contributed by atoms with van der Waals surface area (Å²) in [4.78, 5) is 0.322. The summed E-state index contributed by atoms with van der Waals surface area (Å²) in [6.45, 7) is 4.79. The summed E-state index contributed by atoms with van der Waals surface area (Å²) >= 11 is 5.14.